The van der Waals surface area contributed by atoms with Gasteiger partial charge in [0.15, 0.2) is 5.69 Å². The molecule has 0 bridgehead atoms. The number of rotatable bonds is 4. The van der Waals surface area contributed by atoms with Gasteiger partial charge in [0.2, 0.25) is 15.9 Å². The van der Waals surface area contributed by atoms with Crippen molar-refractivity contribution in [3.05, 3.63) is 42.0 Å². The number of sulfonamides is 1. The number of hydrogen-bond acceptors (Lipinski definition) is 5. The fourth-order valence-corrected chi connectivity index (χ4v) is 5.48. The Morgan fingerprint density at radius 1 is 1.20 bits per heavy atom. The Balaban J connectivity index is 1.78. The summed E-state index contributed by atoms with van der Waals surface area (Å²) in [5, 5.41) is 3.01. The molecule has 1 saturated carbocycles. The first-order valence-corrected chi connectivity index (χ1v) is 11.4. The predicted molar refractivity (Wildman–Crippen MR) is 110 cm³/mol. The van der Waals surface area contributed by atoms with E-state index in [4.69, 9.17) is 0 Å². The third kappa shape index (κ3) is 3.61. The Hall–Kier alpha value is -2.72. The number of aromatic nitrogens is 2. The molecule has 4 rings (SSSR count). The lowest BCUT2D eigenvalue weighted by molar-refractivity contribution is -0.128. The lowest BCUT2D eigenvalue weighted by Gasteiger charge is -2.22. The summed E-state index contributed by atoms with van der Waals surface area (Å²) < 4.78 is 29.4. The highest BCUT2D eigenvalue weighted by molar-refractivity contribution is 7.89. The van der Waals surface area contributed by atoms with Crippen molar-refractivity contribution in [2.75, 3.05) is 20.6 Å². The summed E-state index contributed by atoms with van der Waals surface area (Å²) in [7, 11) is -0.795. The molecule has 1 aromatic heterocycles. The Morgan fingerprint density at radius 2 is 1.90 bits per heavy atom. The molecule has 0 atom stereocenters. The van der Waals surface area contributed by atoms with Crippen LogP contribution in [0.25, 0.3) is 5.69 Å². The summed E-state index contributed by atoms with van der Waals surface area (Å²) in [6.45, 7) is -0.442. The van der Waals surface area contributed by atoms with Crippen LogP contribution in [0.2, 0.25) is 0 Å². The minimum atomic E-state index is -3.94. The van der Waals surface area contributed by atoms with Crippen LogP contribution in [0.3, 0.4) is 0 Å². The summed E-state index contributed by atoms with van der Waals surface area (Å²) in [6, 6.07) is 6.66. The number of carbonyl (C=O) groups is 2. The first-order chi connectivity index (χ1) is 14.3. The second kappa shape index (κ2) is 7.84. The molecular weight excluding hydrogens is 406 g/mol. The molecule has 160 valence electrons. The van der Waals surface area contributed by atoms with Gasteiger partial charge in [-0.2, -0.15) is 4.31 Å². The van der Waals surface area contributed by atoms with Crippen LogP contribution in [0.15, 0.2) is 35.5 Å². The predicted octanol–water partition coefficient (Wildman–Crippen LogP) is 1.14. The van der Waals surface area contributed by atoms with E-state index >= 15 is 0 Å². The van der Waals surface area contributed by atoms with Crippen molar-refractivity contribution in [1.29, 1.82) is 0 Å². The molecule has 2 amide bonds. The number of para-hydroxylation sites is 1. The van der Waals surface area contributed by atoms with Crippen LogP contribution in [0.4, 0.5) is 0 Å². The summed E-state index contributed by atoms with van der Waals surface area (Å²) in [5.41, 5.74) is 1.06. The number of nitrogens with one attached hydrogen (secondary N) is 1. The first kappa shape index (κ1) is 20.5. The van der Waals surface area contributed by atoms with Crippen LogP contribution in [0.1, 0.15) is 41.9 Å². The normalized spacial score (nSPS) is 18.3. The van der Waals surface area contributed by atoms with E-state index in [1.165, 1.54) is 17.3 Å². The lowest BCUT2D eigenvalue weighted by atomic mass is 10.2. The lowest BCUT2D eigenvalue weighted by Crippen LogP contribution is -2.40. The van der Waals surface area contributed by atoms with Gasteiger partial charge in [-0.25, -0.2) is 13.4 Å². The highest BCUT2D eigenvalue weighted by atomic mass is 32.2. The van der Waals surface area contributed by atoms with Crippen molar-refractivity contribution in [2.45, 2.75) is 43.2 Å². The molecule has 2 aromatic rings. The van der Waals surface area contributed by atoms with Crippen molar-refractivity contribution in [2.24, 2.45) is 0 Å². The average molecular weight is 432 g/mol. The van der Waals surface area contributed by atoms with E-state index in [1.54, 1.807) is 36.9 Å². The average Bonchev–Trinajstić information content (AvgIpc) is 3.35. The molecule has 9 nitrogen and oxygen atoms in total. The van der Waals surface area contributed by atoms with Crippen LogP contribution in [-0.4, -0.2) is 65.7 Å². The zero-order valence-corrected chi connectivity index (χ0v) is 17.9. The smallest absolute Gasteiger partial charge is 0.272 e. The van der Waals surface area contributed by atoms with E-state index in [1.807, 2.05) is 0 Å². The monoisotopic (exact) mass is 431 g/mol. The third-order valence-corrected chi connectivity index (χ3v) is 7.49. The van der Waals surface area contributed by atoms with Crippen molar-refractivity contribution in [3.63, 3.8) is 0 Å². The Labute approximate surface area is 175 Å². The fraction of sp³-hybridized carbons (Fsp3) is 0.450. The van der Waals surface area contributed by atoms with E-state index in [-0.39, 0.29) is 41.5 Å². The van der Waals surface area contributed by atoms with Gasteiger partial charge in [0.25, 0.3) is 5.91 Å². The summed E-state index contributed by atoms with van der Waals surface area (Å²) in [5.74, 6) is -0.660. The van der Waals surface area contributed by atoms with E-state index in [9.17, 15) is 18.0 Å². The number of likely N-dealkylation sites (N-methyl/N-ethyl adjacent to an activating group) is 1. The maximum atomic E-state index is 13.3. The van der Waals surface area contributed by atoms with E-state index in [0.29, 0.717) is 11.4 Å². The largest absolute Gasteiger partial charge is 0.348 e. The molecule has 1 aromatic carbocycles. The zero-order chi connectivity index (χ0) is 21.5. The highest BCUT2D eigenvalue weighted by Crippen LogP contribution is 2.31. The van der Waals surface area contributed by atoms with E-state index in [0.717, 1.165) is 30.0 Å². The molecule has 0 spiro atoms. The maximum Gasteiger partial charge on any atom is 0.272 e. The Morgan fingerprint density at radius 3 is 2.60 bits per heavy atom. The van der Waals surface area contributed by atoms with Gasteiger partial charge < -0.3 is 10.2 Å². The molecule has 0 unspecified atom stereocenters. The molecule has 1 fully saturated rings. The maximum absolute atomic E-state index is 13.3. The van der Waals surface area contributed by atoms with Crippen molar-refractivity contribution in [3.8, 4) is 5.69 Å². The Bertz CT molecular complexity index is 1090. The van der Waals surface area contributed by atoms with E-state index in [2.05, 4.69) is 10.3 Å². The van der Waals surface area contributed by atoms with Crippen LogP contribution >= 0.6 is 0 Å². The quantitative estimate of drug-likeness (QED) is 0.782. The van der Waals surface area contributed by atoms with Crippen LogP contribution in [0.5, 0.6) is 0 Å². The van der Waals surface area contributed by atoms with Gasteiger partial charge in [0.05, 0.1) is 24.5 Å². The number of benzene rings is 1. The summed E-state index contributed by atoms with van der Waals surface area (Å²) >= 11 is 0. The van der Waals surface area contributed by atoms with Gasteiger partial charge in [0.1, 0.15) is 11.2 Å². The molecule has 0 radical (unpaired) electrons. The fourth-order valence-electron chi connectivity index (χ4n) is 3.94. The standard InChI is InChI=1S/C20H25N5O4S/c1-23(2)18(26)12-24-11-16-19(20(27)22-14-7-3-4-8-14)21-13-25(16)15-9-5-6-10-17(15)30(24,28)29/h5-6,9-10,13-14H,3-4,7-8,11-12H2,1-2H3,(H,22,27). The SMILES string of the molecule is CN(C)C(=O)CN1Cc2c(C(=O)NC3CCCC3)ncn2-c2ccccc2S1(=O)=O. The minimum Gasteiger partial charge on any atom is -0.348 e. The van der Waals surface area contributed by atoms with E-state index < -0.39 is 10.0 Å². The molecule has 30 heavy (non-hydrogen) atoms. The molecule has 10 heteroatoms. The second-order valence-corrected chi connectivity index (χ2v) is 9.80. The zero-order valence-electron chi connectivity index (χ0n) is 17.0. The minimum absolute atomic E-state index is 0.0791. The van der Waals surface area contributed by atoms with Crippen LogP contribution in [-0.2, 0) is 21.4 Å². The van der Waals surface area contributed by atoms with Gasteiger partial charge in [-0.1, -0.05) is 25.0 Å². The second-order valence-electron chi connectivity index (χ2n) is 7.89. The first-order valence-electron chi connectivity index (χ1n) is 9.96. The van der Waals surface area contributed by atoms with Crippen molar-refractivity contribution in [1.82, 2.24) is 24.1 Å². The van der Waals surface area contributed by atoms with Gasteiger partial charge in [0, 0.05) is 20.1 Å². The molecule has 2 heterocycles. The molecule has 1 aliphatic carbocycles. The number of nitrogens with zero attached hydrogens (tertiary/aromatic N) is 4. The number of imidazole rings is 1. The number of amides is 2. The summed E-state index contributed by atoms with van der Waals surface area (Å²) in [4.78, 5) is 31.0. The number of carbonyl (C=O) groups excluding carboxylic acids is 2. The molecule has 0 saturated heterocycles. The molecule has 1 aliphatic heterocycles. The van der Waals surface area contributed by atoms with Crippen LogP contribution < -0.4 is 5.32 Å². The molecule has 1 N–H and O–H groups in total. The van der Waals surface area contributed by atoms with Gasteiger partial charge in [-0.3, -0.25) is 14.2 Å². The van der Waals surface area contributed by atoms with Gasteiger partial charge in [-0.15, -0.1) is 0 Å². The number of hydrogen-bond donors (Lipinski definition) is 1. The topological polar surface area (TPSA) is 105 Å². The Kier molecular flexibility index (Phi) is 5.37. The van der Waals surface area contributed by atoms with Gasteiger partial charge in [-0.05, 0) is 25.0 Å². The van der Waals surface area contributed by atoms with Crippen molar-refractivity contribution >= 4 is 21.8 Å². The highest BCUT2D eigenvalue weighted by Gasteiger charge is 2.36. The van der Waals surface area contributed by atoms with Crippen molar-refractivity contribution < 1.29 is 18.0 Å². The summed E-state index contributed by atoms with van der Waals surface area (Å²) in [6.07, 6.45) is 5.51. The van der Waals surface area contributed by atoms with Gasteiger partial charge >= 0.3 is 0 Å². The van der Waals surface area contributed by atoms with Crippen LogP contribution in [0, 0.1) is 0 Å². The molecule has 2 aliphatic rings. The molecular formula is C20H25N5O4S. The third-order valence-electron chi connectivity index (χ3n) is 5.65. The number of fused-ring (bicyclic) bond motifs is 3.